The molecule has 1 heterocycles. The number of carbonyl (C=O) groups excluding carboxylic acids is 1. The molecule has 1 amide bonds. The van der Waals surface area contributed by atoms with Crippen molar-refractivity contribution in [2.24, 2.45) is 5.92 Å². The third kappa shape index (κ3) is 5.90. The van der Waals surface area contributed by atoms with Gasteiger partial charge in [0.15, 0.2) is 0 Å². The number of rotatable bonds is 6. The fraction of sp³-hybridized carbons (Fsp3) is 0.720. The maximum atomic E-state index is 12.3. The summed E-state index contributed by atoms with van der Waals surface area (Å²) in [4.78, 5) is 16.9. The molecule has 1 fully saturated rings. The second-order valence-corrected chi connectivity index (χ2v) is 9.90. The summed E-state index contributed by atoms with van der Waals surface area (Å²) in [6, 6.07) is 7.08. The zero-order valence-electron chi connectivity index (χ0n) is 19.6. The fourth-order valence-electron chi connectivity index (χ4n) is 4.92. The van der Waals surface area contributed by atoms with E-state index in [1.807, 2.05) is 25.7 Å². The Hall–Kier alpha value is -1.75. The Morgan fingerprint density at radius 2 is 1.93 bits per heavy atom. The SMILES string of the molecule is CCCN(CC1CCN(C(=O)OC(C)(C)C)CC1)C1CCc2c(cccc2OC)C1. The standard InChI is InChI=1S/C25H40N2O3/c1-6-14-27(21-10-11-22-20(17-21)8-7-9-23(22)29-5)18-19-12-15-26(16-13-19)24(28)30-25(2,3)4/h7-9,19,21H,6,10-18H2,1-5H3. The number of hydrogen-bond donors (Lipinski definition) is 0. The molecular formula is C25H40N2O3. The van der Waals surface area contributed by atoms with Crippen molar-refractivity contribution in [3.8, 4) is 5.75 Å². The molecule has 1 atom stereocenters. The average Bonchev–Trinajstić information content (AvgIpc) is 2.71. The first-order valence-corrected chi connectivity index (χ1v) is 11.7. The van der Waals surface area contributed by atoms with E-state index >= 15 is 0 Å². The van der Waals surface area contributed by atoms with Gasteiger partial charge in [0.1, 0.15) is 11.4 Å². The molecule has 0 N–H and O–H groups in total. The number of carbonyl (C=O) groups is 1. The van der Waals surface area contributed by atoms with Crippen LogP contribution in [0.3, 0.4) is 0 Å². The van der Waals surface area contributed by atoms with E-state index in [1.165, 1.54) is 24.0 Å². The summed E-state index contributed by atoms with van der Waals surface area (Å²) < 4.78 is 11.1. The molecule has 0 saturated carbocycles. The van der Waals surface area contributed by atoms with Crippen LogP contribution in [0, 0.1) is 5.92 Å². The van der Waals surface area contributed by atoms with Crippen LogP contribution in [0.5, 0.6) is 5.75 Å². The van der Waals surface area contributed by atoms with Crippen LogP contribution >= 0.6 is 0 Å². The van der Waals surface area contributed by atoms with Crippen molar-refractivity contribution in [2.75, 3.05) is 33.3 Å². The highest BCUT2D eigenvalue weighted by molar-refractivity contribution is 5.68. The molecule has 5 nitrogen and oxygen atoms in total. The predicted molar refractivity (Wildman–Crippen MR) is 121 cm³/mol. The fourth-order valence-corrected chi connectivity index (χ4v) is 4.92. The molecule has 1 aromatic rings. The van der Waals surface area contributed by atoms with E-state index in [2.05, 4.69) is 30.0 Å². The monoisotopic (exact) mass is 416 g/mol. The molecule has 0 radical (unpaired) electrons. The van der Waals surface area contributed by atoms with Gasteiger partial charge in [0.2, 0.25) is 0 Å². The van der Waals surface area contributed by atoms with E-state index in [9.17, 15) is 4.79 Å². The van der Waals surface area contributed by atoms with Gasteiger partial charge in [0.05, 0.1) is 7.11 Å². The van der Waals surface area contributed by atoms with Crippen LogP contribution in [0.15, 0.2) is 18.2 Å². The highest BCUT2D eigenvalue weighted by Crippen LogP contribution is 2.32. The lowest BCUT2D eigenvalue weighted by Crippen LogP contribution is -2.46. The average molecular weight is 417 g/mol. The number of likely N-dealkylation sites (tertiary alicyclic amines) is 1. The smallest absolute Gasteiger partial charge is 0.410 e. The molecule has 1 saturated heterocycles. The molecule has 30 heavy (non-hydrogen) atoms. The van der Waals surface area contributed by atoms with Crippen molar-refractivity contribution >= 4 is 6.09 Å². The van der Waals surface area contributed by atoms with Crippen LogP contribution in [-0.4, -0.2) is 60.8 Å². The van der Waals surface area contributed by atoms with E-state index in [1.54, 1.807) is 7.11 Å². The molecule has 168 valence electrons. The molecule has 1 aliphatic heterocycles. The molecule has 1 aliphatic carbocycles. The van der Waals surface area contributed by atoms with Gasteiger partial charge in [-0.05, 0) is 89.0 Å². The Balaban J connectivity index is 1.56. The Morgan fingerprint density at radius 3 is 2.57 bits per heavy atom. The van der Waals surface area contributed by atoms with Crippen LogP contribution in [-0.2, 0) is 17.6 Å². The maximum absolute atomic E-state index is 12.3. The first-order chi connectivity index (χ1) is 14.3. The van der Waals surface area contributed by atoms with Gasteiger partial charge in [-0.3, -0.25) is 4.90 Å². The van der Waals surface area contributed by atoms with Crippen molar-refractivity contribution in [1.82, 2.24) is 9.80 Å². The van der Waals surface area contributed by atoms with Gasteiger partial charge < -0.3 is 14.4 Å². The highest BCUT2D eigenvalue weighted by Gasteiger charge is 2.30. The van der Waals surface area contributed by atoms with Gasteiger partial charge in [-0.1, -0.05) is 19.1 Å². The number of hydrogen-bond acceptors (Lipinski definition) is 4. The Labute approximate surface area is 182 Å². The first-order valence-electron chi connectivity index (χ1n) is 11.7. The first kappa shape index (κ1) is 22.9. The number of methoxy groups -OCH3 is 1. The number of benzene rings is 1. The van der Waals surface area contributed by atoms with Crippen LogP contribution in [0.2, 0.25) is 0 Å². The molecular weight excluding hydrogens is 376 g/mol. The zero-order chi connectivity index (χ0) is 21.7. The Kier molecular flexibility index (Phi) is 7.67. The van der Waals surface area contributed by atoms with E-state index in [-0.39, 0.29) is 6.09 Å². The topological polar surface area (TPSA) is 42.0 Å². The number of ether oxygens (including phenoxy) is 2. The lowest BCUT2D eigenvalue weighted by Gasteiger charge is -2.40. The van der Waals surface area contributed by atoms with E-state index in [4.69, 9.17) is 9.47 Å². The van der Waals surface area contributed by atoms with Gasteiger partial charge in [-0.15, -0.1) is 0 Å². The molecule has 5 heteroatoms. The molecule has 2 aliphatic rings. The third-order valence-corrected chi connectivity index (χ3v) is 6.42. The van der Waals surface area contributed by atoms with Gasteiger partial charge in [0.25, 0.3) is 0 Å². The van der Waals surface area contributed by atoms with E-state index in [0.29, 0.717) is 12.0 Å². The van der Waals surface area contributed by atoms with Crippen molar-refractivity contribution in [3.05, 3.63) is 29.3 Å². The lowest BCUT2D eigenvalue weighted by atomic mass is 9.86. The third-order valence-electron chi connectivity index (χ3n) is 6.42. The van der Waals surface area contributed by atoms with Crippen LogP contribution < -0.4 is 4.74 Å². The van der Waals surface area contributed by atoms with Gasteiger partial charge in [-0.2, -0.15) is 0 Å². The minimum absolute atomic E-state index is 0.163. The lowest BCUT2D eigenvalue weighted by molar-refractivity contribution is 0.0159. The van der Waals surface area contributed by atoms with Crippen LogP contribution in [0.25, 0.3) is 0 Å². The van der Waals surface area contributed by atoms with Gasteiger partial charge in [-0.25, -0.2) is 4.79 Å². The predicted octanol–water partition coefficient (Wildman–Crippen LogP) is 4.91. The normalized spacial score (nSPS) is 20.2. The van der Waals surface area contributed by atoms with Crippen LogP contribution in [0.1, 0.15) is 64.5 Å². The summed E-state index contributed by atoms with van der Waals surface area (Å²) in [6.45, 7) is 12.0. The molecule has 0 aromatic heterocycles. The minimum Gasteiger partial charge on any atom is -0.496 e. The summed E-state index contributed by atoms with van der Waals surface area (Å²) in [5.41, 5.74) is 2.43. The van der Waals surface area contributed by atoms with Crippen molar-refractivity contribution in [1.29, 1.82) is 0 Å². The second-order valence-electron chi connectivity index (χ2n) is 9.90. The quantitative estimate of drug-likeness (QED) is 0.661. The molecule has 0 spiro atoms. The summed E-state index contributed by atoms with van der Waals surface area (Å²) >= 11 is 0. The molecule has 1 unspecified atom stereocenters. The van der Waals surface area contributed by atoms with Crippen LogP contribution in [0.4, 0.5) is 4.79 Å². The summed E-state index contributed by atoms with van der Waals surface area (Å²) in [7, 11) is 1.77. The Bertz CT molecular complexity index is 705. The summed E-state index contributed by atoms with van der Waals surface area (Å²) in [6.07, 6.45) is 6.56. The van der Waals surface area contributed by atoms with E-state index < -0.39 is 5.60 Å². The number of nitrogens with zero attached hydrogens (tertiary/aromatic N) is 2. The zero-order valence-corrected chi connectivity index (χ0v) is 19.6. The second kappa shape index (κ2) is 10.0. The minimum atomic E-state index is -0.425. The molecule has 1 aromatic carbocycles. The highest BCUT2D eigenvalue weighted by atomic mass is 16.6. The molecule has 0 bridgehead atoms. The molecule has 3 rings (SSSR count). The Morgan fingerprint density at radius 1 is 1.20 bits per heavy atom. The van der Waals surface area contributed by atoms with E-state index in [0.717, 1.165) is 57.6 Å². The van der Waals surface area contributed by atoms with Crippen molar-refractivity contribution in [3.63, 3.8) is 0 Å². The van der Waals surface area contributed by atoms with Gasteiger partial charge >= 0.3 is 6.09 Å². The number of piperidine rings is 1. The summed E-state index contributed by atoms with van der Waals surface area (Å²) in [5.74, 6) is 1.70. The van der Waals surface area contributed by atoms with Gasteiger partial charge in [0, 0.05) is 25.7 Å². The van der Waals surface area contributed by atoms with Crippen molar-refractivity contribution < 1.29 is 14.3 Å². The van der Waals surface area contributed by atoms with Crippen molar-refractivity contribution in [2.45, 2.75) is 77.9 Å². The number of fused-ring (bicyclic) bond motifs is 1. The maximum Gasteiger partial charge on any atom is 0.410 e. The number of amides is 1. The summed E-state index contributed by atoms with van der Waals surface area (Å²) in [5, 5.41) is 0. The largest absolute Gasteiger partial charge is 0.496 e.